The summed E-state index contributed by atoms with van der Waals surface area (Å²) < 4.78 is 50.2. The van der Waals surface area contributed by atoms with Gasteiger partial charge in [-0.25, -0.2) is 4.39 Å². The number of hydrogen-bond acceptors (Lipinski definition) is 2. The van der Waals surface area contributed by atoms with Crippen molar-refractivity contribution >= 4 is 0 Å². The standard InChI is InChI=1S/C10H7F4NO/c11-6-1-2-8(10(12,13)14)7(5-6)9(16)3-4-15/h1-2,5,9,16H,3H2. The fraction of sp³-hybridized carbons (Fsp3) is 0.300. The molecule has 0 spiro atoms. The van der Waals surface area contributed by atoms with Crippen LogP contribution in [0.1, 0.15) is 23.7 Å². The third-order valence-electron chi connectivity index (χ3n) is 1.96. The molecule has 0 fully saturated rings. The van der Waals surface area contributed by atoms with Gasteiger partial charge >= 0.3 is 6.18 Å². The predicted octanol–water partition coefficient (Wildman–Crippen LogP) is 2.79. The second-order valence-electron chi connectivity index (χ2n) is 3.11. The van der Waals surface area contributed by atoms with Crippen molar-refractivity contribution < 1.29 is 22.7 Å². The number of halogens is 4. The van der Waals surface area contributed by atoms with Gasteiger partial charge in [-0.2, -0.15) is 18.4 Å². The molecular formula is C10H7F4NO. The van der Waals surface area contributed by atoms with Crippen LogP contribution in [-0.2, 0) is 6.18 Å². The smallest absolute Gasteiger partial charge is 0.387 e. The van der Waals surface area contributed by atoms with E-state index in [-0.39, 0.29) is 0 Å². The zero-order valence-corrected chi connectivity index (χ0v) is 7.92. The summed E-state index contributed by atoms with van der Waals surface area (Å²) in [5, 5.41) is 17.6. The lowest BCUT2D eigenvalue weighted by Crippen LogP contribution is -2.12. The first-order valence-electron chi connectivity index (χ1n) is 4.28. The highest BCUT2D eigenvalue weighted by Crippen LogP contribution is 2.35. The number of aliphatic hydroxyl groups excluding tert-OH is 1. The molecule has 1 N–H and O–H groups in total. The Kier molecular flexibility index (Phi) is 3.50. The highest BCUT2D eigenvalue weighted by molar-refractivity contribution is 5.32. The van der Waals surface area contributed by atoms with Crippen LogP contribution in [0.5, 0.6) is 0 Å². The number of benzene rings is 1. The van der Waals surface area contributed by atoms with Crippen LogP contribution in [0, 0.1) is 17.1 Å². The van der Waals surface area contributed by atoms with Crippen LogP contribution in [-0.4, -0.2) is 5.11 Å². The summed E-state index contributed by atoms with van der Waals surface area (Å²) in [4.78, 5) is 0. The van der Waals surface area contributed by atoms with Crippen LogP contribution < -0.4 is 0 Å². The van der Waals surface area contributed by atoms with Gasteiger partial charge in [0.1, 0.15) is 5.82 Å². The molecule has 0 aliphatic rings. The van der Waals surface area contributed by atoms with Crippen molar-refractivity contribution in [3.8, 4) is 6.07 Å². The molecule has 1 aromatic carbocycles. The Morgan fingerprint density at radius 2 is 2.00 bits per heavy atom. The average molecular weight is 233 g/mol. The molecule has 1 aromatic rings. The SMILES string of the molecule is N#CCC(O)c1cc(F)ccc1C(F)(F)F. The molecule has 2 nitrogen and oxygen atoms in total. The first kappa shape index (κ1) is 12.5. The Labute approximate surface area is 88.7 Å². The summed E-state index contributed by atoms with van der Waals surface area (Å²) in [5.41, 5.74) is -1.74. The van der Waals surface area contributed by atoms with Crippen LogP contribution >= 0.6 is 0 Å². The minimum Gasteiger partial charge on any atom is -0.387 e. The maximum Gasteiger partial charge on any atom is 0.416 e. The van der Waals surface area contributed by atoms with E-state index in [1.165, 1.54) is 6.07 Å². The van der Waals surface area contributed by atoms with Gasteiger partial charge < -0.3 is 5.11 Å². The number of nitrogens with zero attached hydrogens (tertiary/aromatic N) is 1. The molecule has 0 saturated heterocycles. The second-order valence-corrected chi connectivity index (χ2v) is 3.11. The van der Waals surface area contributed by atoms with Crippen LogP contribution in [0.3, 0.4) is 0 Å². The van der Waals surface area contributed by atoms with Crippen LogP contribution in [0.2, 0.25) is 0 Å². The van der Waals surface area contributed by atoms with E-state index in [0.717, 1.165) is 0 Å². The molecule has 86 valence electrons. The maximum absolute atomic E-state index is 12.8. The van der Waals surface area contributed by atoms with E-state index < -0.39 is 35.6 Å². The third kappa shape index (κ3) is 2.70. The molecule has 0 saturated carbocycles. The minimum atomic E-state index is -4.68. The molecule has 0 heterocycles. The third-order valence-corrected chi connectivity index (χ3v) is 1.96. The lowest BCUT2D eigenvalue weighted by Gasteiger charge is -2.15. The Morgan fingerprint density at radius 3 is 2.50 bits per heavy atom. The van der Waals surface area contributed by atoms with E-state index in [0.29, 0.717) is 18.2 Å². The van der Waals surface area contributed by atoms with E-state index in [1.807, 2.05) is 0 Å². The van der Waals surface area contributed by atoms with Gasteiger partial charge in [0.2, 0.25) is 0 Å². The first-order valence-corrected chi connectivity index (χ1v) is 4.28. The van der Waals surface area contributed by atoms with Crippen molar-refractivity contribution in [2.24, 2.45) is 0 Å². The molecule has 6 heteroatoms. The molecule has 1 unspecified atom stereocenters. The molecular weight excluding hydrogens is 226 g/mol. The molecule has 0 bridgehead atoms. The molecule has 1 atom stereocenters. The van der Waals surface area contributed by atoms with Gasteiger partial charge in [-0.3, -0.25) is 0 Å². The summed E-state index contributed by atoms with van der Waals surface area (Å²) >= 11 is 0. The summed E-state index contributed by atoms with van der Waals surface area (Å²) in [5.74, 6) is -0.889. The van der Waals surface area contributed by atoms with E-state index in [2.05, 4.69) is 0 Å². The van der Waals surface area contributed by atoms with Gasteiger partial charge in [0, 0.05) is 0 Å². The number of aliphatic hydroxyl groups is 1. The van der Waals surface area contributed by atoms with Gasteiger partial charge in [-0.05, 0) is 23.8 Å². The van der Waals surface area contributed by atoms with Crippen LogP contribution in [0.4, 0.5) is 17.6 Å². The van der Waals surface area contributed by atoms with Gasteiger partial charge in [-0.1, -0.05) is 0 Å². The lowest BCUT2D eigenvalue weighted by atomic mass is 10.00. The number of alkyl halides is 3. The lowest BCUT2D eigenvalue weighted by molar-refractivity contribution is -0.139. The summed E-state index contributed by atoms with van der Waals surface area (Å²) in [6, 6.07) is 3.32. The number of rotatable bonds is 2. The Hall–Kier alpha value is -1.61. The molecule has 16 heavy (non-hydrogen) atoms. The van der Waals surface area contributed by atoms with Crippen molar-refractivity contribution in [2.75, 3.05) is 0 Å². The first-order chi connectivity index (χ1) is 7.36. The van der Waals surface area contributed by atoms with Gasteiger partial charge in [0.05, 0.1) is 24.2 Å². The van der Waals surface area contributed by atoms with Gasteiger partial charge in [0.25, 0.3) is 0 Å². The van der Waals surface area contributed by atoms with Crippen molar-refractivity contribution in [3.63, 3.8) is 0 Å². The van der Waals surface area contributed by atoms with Crippen LogP contribution in [0.25, 0.3) is 0 Å². The number of hydrogen-bond donors (Lipinski definition) is 1. The summed E-state index contributed by atoms with van der Waals surface area (Å²) in [6.07, 6.45) is -6.84. The highest BCUT2D eigenvalue weighted by Gasteiger charge is 2.35. The van der Waals surface area contributed by atoms with E-state index in [1.54, 1.807) is 0 Å². The van der Waals surface area contributed by atoms with Crippen molar-refractivity contribution in [1.29, 1.82) is 5.26 Å². The summed E-state index contributed by atoms with van der Waals surface area (Å²) in [7, 11) is 0. The number of nitriles is 1. The maximum atomic E-state index is 12.8. The van der Waals surface area contributed by atoms with E-state index in [9.17, 15) is 22.7 Å². The highest BCUT2D eigenvalue weighted by atomic mass is 19.4. The van der Waals surface area contributed by atoms with Crippen molar-refractivity contribution in [3.05, 3.63) is 35.1 Å². The normalized spacial score (nSPS) is 13.2. The van der Waals surface area contributed by atoms with Crippen LogP contribution in [0.15, 0.2) is 18.2 Å². The Bertz CT molecular complexity index is 422. The topological polar surface area (TPSA) is 44.0 Å². The van der Waals surface area contributed by atoms with E-state index in [4.69, 9.17) is 5.26 Å². The van der Waals surface area contributed by atoms with Gasteiger partial charge in [-0.15, -0.1) is 0 Å². The van der Waals surface area contributed by atoms with Crippen molar-refractivity contribution in [1.82, 2.24) is 0 Å². The molecule has 0 aliphatic carbocycles. The Balaban J connectivity index is 3.24. The monoisotopic (exact) mass is 233 g/mol. The molecule has 0 aromatic heterocycles. The summed E-state index contributed by atoms with van der Waals surface area (Å²) in [6.45, 7) is 0. The fourth-order valence-corrected chi connectivity index (χ4v) is 1.26. The molecule has 0 amide bonds. The zero-order chi connectivity index (χ0) is 12.3. The molecule has 0 radical (unpaired) electrons. The quantitative estimate of drug-likeness (QED) is 0.798. The Morgan fingerprint density at radius 1 is 1.38 bits per heavy atom. The average Bonchev–Trinajstić information content (AvgIpc) is 2.16. The fourth-order valence-electron chi connectivity index (χ4n) is 1.26. The van der Waals surface area contributed by atoms with Crippen molar-refractivity contribution in [2.45, 2.75) is 18.7 Å². The molecule has 0 aliphatic heterocycles. The zero-order valence-electron chi connectivity index (χ0n) is 7.92. The van der Waals surface area contributed by atoms with Gasteiger partial charge in [0.15, 0.2) is 0 Å². The second kappa shape index (κ2) is 4.49. The largest absolute Gasteiger partial charge is 0.416 e. The minimum absolute atomic E-state index is 0.521. The predicted molar refractivity (Wildman–Crippen MR) is 46.6 cm³/mol. The van der Waals surface area contributed by atoms with E-state index >= 15 is 0 Å². The molecule has 1 rings (SSSR count).